The van der Waals surface area contributed by atoms with Crippen LogP contribution in [-0.2, 0) is 25.7 Å². The van der Waals surface area contributed by atoms with Gasteiger partial charge in [0, 0.05) is 19.1 Å². The molecule has 3 unspecified atom stereocenters. The number of benzene rings is 1. The van der Waals surface area contributed by atoms with Gasteiger partial charge in [0.15, 0.2) is 0 Å². The van der Waals surface area contributed by atoms with E-state index in [4.69, 9.17) is 4.74 Å². The van der Waals surface area contributed by atoms with Gasteiger partial charge < -0.3 is 25.4 Å². The number of rotatable bonds is 9. The van der Waals surface area contributed by atoms with Crippen molar-refractivity contribution in [3.63, 3.8) is 0 Å². The standard InChI is InChI=1S/C25H35N3O5/c1-4-8-16(2)27-22(31)20-25-12-11-24(3,33-25)18(19(25)23(32)28(20)13-14-29)21(30)26-15-17-9-6-5-7-10-17/h5-7,9-10,16,18-20,29H,4,8,11-15H2,1-3H3,(H,26,30)(H,27,31)/t16?,18-,19+,20?,24+,25?/m1/s1. The fourth-order valence-electron chi connectivity index (χ4n) is 6.20. The number of nitrogens with one attached hydrogen (secondary N) is 2. The summed E-state index contributed by atoms with van der Waals surface area (Å²) < 4.78 is 6.51. The van der Waals surface area contributed by atoms with Gasteiger partial charge in [0.05, 0.1) is 24.0 Å². The number of amides is 3. The number of nitrogens with zero attached hydrogens (tertiary/aromatic N) is 1. The number of hydrogen-bond donors (Lipinski definition) is 3. The largest absolute Gasteiger partial charge is 0.395 e. The first-order chi connectivity index (χ1) is 15.8. The molecule has 3 saturated heterocycles. The van der Waals surface area contributed by atoms with E-state index in [-0.39, 0.29) is 36.9 Å². The van der Waals surface area contributed by atoms with E-state index < -0.39 is 29.1 Å². The van der Waals surface area contributed by atoms with Crippen LogP contribution >= 0.6 is 0 Å². The van der Waals surface area contributed by atoms with Gasteiger partial charge in [-0.3, -0.25) is 14.4 Å². The molecule has 2 bridgehead atoms. The van der Waals surface area contributed by atoms with E-state index in [0.717, 1.165) is 18.4 Å². The van der Waals surface area contributed by atoms with Crippen LogP contribution in [0.2, 0.25) is 0 Å². The lowest BCUT2D eigenvalue weighted by Crippen LogP contribution is -2.56. The highest BCUT2D eigenvalue weighted by Crippen LogP contribution is 2.63. The fraction of sp³-hybridized carbons (Fsp3) is 0.640. The van der Waals surface area contributed by atoms with Gasteiger partial charge in [0.25, 0.3) is 0 Å². The number of aliphatic hydroxyl groups is 1. The minimum absolute atomic E-state index is 0.0375. The molecule has 6 atom stereocenters. The zero-order valence-corrected chi connectivity index (χ0v) is 19.7. The van der Waals surface area contributed by atoms with Crippen LogP contribution < -0.4 is 10.6 Å². The van der Waals surface area contributed by atoms with Gasteiger partial charge in [-0.15, -0.1) is 0 Å². The molecule has 3 aliphatic rings. The normalized spacial score (nSPS) is 33.2. The number of β-amino-alcohol motifs (C(OH)–C–C–N with tert-alkyl or cyclic N) is 1. The predicted octanol–water partition coefficient (Wildman–Crippen LogP) is 1.36. The molecular weight excluding hydrogens is 422 g/mol. The molecule has 3 heterocycles. The fourth-order valence-corrected chi connectivity index (χ4v) is 6.20. The number of carbonyl (C=O) groups is 3. The Labute approximate surface area is 195 Å². The van der Waals surface area contributed by atoms with Crippen LogP contribution in [0.5, 0.6) is 0 Å². The molecule has 0 aromatic heterocycles. The Morgan fingerprint density at radius 2 is 1.97 bits per heavy atom. The van der Waals surface area contributed by atoms with Crippen LogP contribution in [-0.4, -0.2) is 64.2 Å². The summed E-state index contributed by atoms with van der Waals surface area (Å²) in [7, 11) is 0. The van der Waals surface area contributed by atoms with Gasteiger partial charge in [-0.05, 0) is 38.7 Å². The molecule has 4 rings (SSSR count). The number of likely N-dealkylation sites (tertiary alicyclic amines) is 1. The zero-order valence-electron chi connectivity index (χ0n) is 19.7. The van der Waals surface area contributed by atoms with Crippen molar-refractivity contribution >= 4 is 17.7 Å². The molecule has 3 aliphatic heterocycles. The van der Waals surface area contributed by atoms with Crippen molar-refractivity contribution in [1.82, 2.24) is 15.5 Å². The third-order valence-corrected chi connectivity index (χ3v) is 7.57. The molecule has 1 aromatic rings. The first kappa shape index (κ1) is 23.7. The lowest BCUT2D eigenvalue weighted by atomic mass is 9.66. The number of carbonyl (C=O) groups excluding carboxylic acids is 3. The molecule has 0 aliphatic carbocycles. The van der Waals surface area contributed by atoms with Gasteiger partial charge in [0.2, 0.25) is 17.7 Å². The lowest BCUT2D eigenvalue weighted by molar-refractivity contribution is -0.146. The van der Waals surface area contributed by atoms with Crippen molar-refractivity contribution in [2.75, 3.05) is 13.2 Å². The number of ether oxygens (including phenoxy) is 1. The van der Waals surface area contributed by atoms with Crippen molar-refractivity contribution in [2.24, 2.45) is 11.8 Å². The minimum atomic E-state index is -1.05. The van der Waals surface area contributed by atoms with Gasteiger partial charge in [-0.25, -0.2) is 0 Å². The molecule has 33 heavy (non-hydrogen) atoms. The SMILES string of the molecule is CCCC(C)NC(=O)C1N(CCO)C(=O)[C@@H]2[C@H](C(=O)NCc3ccccc3)[C@]3(C)CCC12O3. The van der Waals surface area contributed by atoms with E-state index in [1.807, 2.05) is 44.2 Å². The van der Waals surface area contributed by atoms with E-state index in [1.54, 1.807) is 0 Å². The third kappa shape index (κ3) is 3.93. The molecule has 3 amide bonds. The van der Waals surface area contributed by atoms with Crippen molar-refractivity contribution in [3.05, 3.63) is 35.9 Å². The Balaban J connectivity index is 1.61. The quantitative estimate of drug-likeness (QED) is 0.519. The zero-order chi connectivity index (χ0) is 23.8. The maximum Gasteiger partial charge on any atom is 0.246 e. The topological polar surface area (TPSA) is 108 Å². The van der Waals surface area contributed by atoms with Crippen molar-refractivity contribution < 1.29 is 24.2 Å². The van der Waals surface area contributed by atoms with Crippen LogP contribution in [0.15, 0.2) is 30.3 Å². The van der Waals surface area contributed by atoms with Crippen molar-refractivity contribution in [2.45, 2.75) is 76.3 Å². The van der Waals surface area contributed by atoms with Gasteiger partial charge in [-0.2, -0.15) is 0 Å². The molecule has 8 nitrogen and oxygen atoms in total. The van der Waals surface area contributed by atoms with E-state index in [1.165, 1.54) is 4.90 Å². The summed E-state index contributed by atoms with van der Waals surface area (Å²) >= 11 is 0. The Hall–Kier alpha value is -2.45. The van der Waals surface area contributed by atoms with Crippen molar-refractivity contribution in [1.29, 1.82) is 0 Å². The van der Waals surface area contributed by atoms with E-state index in [2.05, 4.69) is 17.6 Å². The highest BCUT2D eigenvalue weighted by atomic mass is 16.5. The molecule has 3 N–H and O–H groups in total. The monoisotopic (exact) mass is 457 g/mol. The summed E-state index contributed by atoms with van der Waals surface area (Å²) in [5, 5.41) is 15.6. The Kier molecular flexibility index (Phi) is 6.51. The molecule has 1 spiro atoms. The minimum Gasteiger partial charge on any atom is -0.395 e. The predicted molar refractivity (Wildman–Crippen MR) is 122 cm³/mol. The summed E-state index contributed by atoms with van der Waals surface area (Å²) in [6.45, 7) is 6.01. The first-order valence-electron chi connectivity index (χ1n) is 12.0. The Morgan fingerprint density at radius 3 is 2.64 bits per heavy atom. The number of fused-ring (bicyclic) bond motifs is 1. The van der Waals surface area contributed by atoms with E-state index >= 15 is 0 Å². The summed E-state index contributed by atoms with van der Waals surface area (Å²) in [6, 6.07) is 8.71. The number of aliphatic hydroxyl groups excluding tert-OH is 1. The van der Waals surface area contributed by atoms with Gasteiger partial charge in [0.1, 0.15) is 11.6 Å². The van der Waals surface area contributed by atoms with Crippen LogP contribution in [0.25, 0.3) is 0 Å². The molecule has 3 fully saturated rings. The van der Waals surface area contributed by atoms with Crippen LogP contribution in [0.3, 0.4) is 0 Å². The average Bonchev–Trinajstić information content (AvgIpc) is 3.34. The van der Waals surface area contributed by atoms with Crippen LogP contribution in [0.4, 0.5) is 0 Å². The average molecular weight is 458 g/mol. The molecule has 1 aromatic carbocycles. The van der Waals surface area contributed by atoms with E-state index in [0.29, 0.717) is 19.4 Å². The van der Waals surface area contributed by atoms with Gasteiger partial charge >= 0.3 is 0 Å². The summed E-state index contributed by atoms with van der Waals surface area (Å²) in [4.78, 5) is 41.8. The van der Waals surface area contributed by atoms with Crippen LogP contribution in [0.1, 0.15) is 52.0 Å². The highest BCUT2D eigenvalue weighted by Gasteiger charge is 2.77. The second kappa shape index (κ2) is 9.06. The molecular formula is C25H35N3O5. The highest BCUT2D eigenvalue weighted by molar-refractivity contribution is 5.99. The number of hydrogen-bond acceptors (Lipinski definition) is 5. The molecule has 8 heteroatoms. The molecule has 180 valence electrons. The molecule has 0 radical (unpaired) electrons. The maximum atomic E-state index is 13.6. The van der Waals surface area contributed by atoms with Crippen molar-refractivity contribution in [3.8, 4) is 0 Å². The summed E-state index contributed by atoms with van der Waals surface area (Å²) in [5.74, 6) is -2.21. The lowest BCUT2D eigenvalue weighted by Gasteiger charge is -2.34. The second-order valence-corrected chi connectivity index (χ2v) is 9.88. The van der Waals surface area contributed by atoms with Crippen LogP contribution in [0, 0.1) is 11.8 Å². The second-order valence-electron chi connectivity index (χ2n) is 9.88. The Bertz CT molecular complexity index is 909. The third-order valence-electron chi connectivity index (χ3n) is 7.57. The van der Waals surface area contributed by atoms with Gasteiger partial charge in [-0.1, -0.05) is 43.7 Å². The first-order valence-corrected chi connectivity index (χ1v) is 12.0. The maximum absolute atomic E-state index is 13.6. The summed E-state index contributed by atoms with van der Waals surface area (Å²) in [5.41, 5.74) is -0.886. The summed E-state index contributed by atoms with van der Waals surface area (Å²) in [6.07, 6.45) is 2.88. The van der Waals surface area contributed by atoms with E-state index in [9.17, 15) is 19.5 Å². The molecule has 0 saturated carbocycles. The Morgan fingerprint density at radius 1 is 1.24 bits per heavy atom. The smallest absolute Gasteiger partial charge is 0.246 e.